The molecule has 0 bridgehead atoms. The third-order valence-electron chi connectivity index (χ3n) is 3.75. The molecule has 0 radical (unpaired) electrons. The van der Waals surface area contributed by atoms with Crippen molar-refractivity contribution in [1.82, 2.24) is 19.9 Å². The first-order valence-electron chi connectivity index (χ1n) is 7.27. The zero-order valence-corrected chi connectivity index (χ0v) is 12.3. The number of hydrogen-bond donors (Lipinski definition) is 1. The van der Waals surface area contributed by atoms with Crippen molar-refractivity contribution in [2.45, 2.75) is 20.0 Å². The Labute approximate surface area is 124 Å². The van der Waals surface area contributed by atoms with Gasteiger partial charge in [0.1, 0.15) is 0 Å². The smallest absolute Gasteiger partial charge is 0.240 e. The molecule has 6 nitrogen and oxygen atoms in total. The summed E-state index contributed by atoms with van der Waals surface area (Å²) in [5.41, 5.74) is 7.93. The van der Waals surface area contributed by atoms with E-state index in [0.29, 0.717) is 11.7 Å². The zero-order valence-electron chi connectivity index (χ0n) is 12.3. The van der Waals surface area contributed by atoms with Crippen LogP contribution in [0.4, 0.5) is 5.69 Å². The van der Waals surface area contributed by atoms with Crippen LogP contribution in [0.25, 0.3) is 0 Å². The maximum absolute atomic E-state index is 5.82. The van der Waals surface area contributed by atoms with Crippen molar-refractivity contribution in [2.75, 3.05) is 31.9 Å². The summed E-state index contributed by atoms with van der Waals surface area (Å²) in [5.74, 6) is 1.40. The molecule has 0 amide bonds. The van der Waals surface area contributed by atoms with Gasteiger partial charge in [0, 0.05) is 38.4 Å². The average molecular weight is 287 g/mol. The molecule has 0 atom stereocenters. The first-order valence-corrected chi connectivity index (χ1v) is 7.27. The highest BCUT2D eigenvalue weighted by atomic mass is 16.5. The van der Waals surface area contributed by atoms with Gasteiger partial charge in [-0.2, -0.15) is 4.98 Å². The SMILES string of the molecule is Cc1noc(CN2CCN(Cc3cccc(N)c3)CC2)n1. The number of nitrogens with two attached hydrogens (primary N) is 1. The summed E-state index contributed by atoms with van der Waals surface area (Å²) in [4.78, 5) is 9.05. The molecule has 1 aromatic heterocycles. The van der Waals surface area contributed by atoms with Crippen LogP contribution in [-0.4, -0.2) is 46.1 Å². The summed E-state index contributed by atoms with van der Waals surface area (Å²) in [6.45, 7) is 7.67. The summed E-state index contributed by atoms with van der Waals surface area (Å²) in [6, 6.07) is 8.12. The van der Waals surface area contributed by atoms with E-state index < -0.39 is 0 Å². The molecule has 0 saturated carbocycles. The van der Waals surface area contributed by atoms with E-state index in [1.54, 1.807) is 0 Å². The van der Waals surface area contributed by atoms with E-state index in [-0.39, 0.29) is 0 Å². The van der Waals surface area contributed by atoms with E-state index in [2.05, 4.69) is 26.0 Å². The quantitative estimate of drug-likeness (QED) is 0.854. The molecule has 1 aromatic carbocycles. The third-order valence-corrected chi connectivity index (χ3v) is 3.75. The van der Waals surface area contributed by atoms with Crippen LogP contribution in [0.1, 0.15) is 17.3 Å². The Morgan fingerprint density at radius 1 is 1.14 bits per heavy atom. The fraction of sp³-hybridized carbons (Fsp3) is 0.467. The molecule has 2 heterocycles. The summed E-state index contributed by atoms with van der Waals surface area (Å²) in [7, 11) is 0. The molecule has 112 valence electrons. The maximum atomic E-state index is 5.82. The maximum Gasteiger partial charge on any atom is 0.240 e. The van der Waals surface area contributed by atoms with Crippen LogP contribution < -0.4 is 5.73 Å². The number of rotatable bonds is 4. The van der Waals surface area contributed by atoms with Crippen molar-refractivity contribution < 1.29 is 4.52 Å². The molecule has 0 unspecified atom stereocenters. The van der Waals surface area contributed by atoms with E-state index in [1.165, 1.54) is 5.56 Å². The molecule has 1 aliphatic rings. The molecule has 2 aromatic rings. The Hall–Kier alpha value is -1.92. The van der Waals surface area contributed by atoms with Crippen LogP contribution >= 0.6 is 0 Å². The van der Waals surface area contributed by atoms with Gasteiger partial charge in [0.25, 0.3) is 0 Å². The first kappa shape index (κ1) is 14.0. The van der Waals surface area contributed by atoms with Gasteiger partial charge in [-0.15, -0.1) is 0 Å². The highest BCUT2D eigenvalue weighted by Crippen LogP contribution is 2.12. The fourth-order valence-corrected chi connectivity index (χ4v) is 2.65. The molecule has 3 rings (SSSR count). The Bertz CT molecular complexity index is 589. The normalized spacial score (nSPS) is 17.2. The average Bonchev–Trinajstić information content (AvgIpc) is 2.86. The number of anilines is 1. The van der Waals surface area contributed by atoms with Crippen molar-refractivity contribution in [3.05, 3.63) is 41.5 Å². The van der Waals surface area contributed by atoms with Crippen LogP contribution in [0.3, 0.4) is 0 Å². The molecule has 1 fully saturated rings. The highest BCUT2D eigenvalue weighted by Gasteiger charge is 2.18. The van der Waals surface area contributed by atoms with Gasteiger partial charge < -0.3 is 10.3 Å². The van der Waals surface area contributed by atoms with Crippen molar-refractivity contribution >= 4 is 5.69 Å². The number of benzene rings is 1. The van der Waals surface area contributed by atoms with Crippen molar-refractivity contribution in [3.8, 4) is 0 Å². The molecule has 6 heteroatoms. The second kappa shape index (κ2) is 6.24. The minimum atomic E-state index is 0.699. The predicted octanol–water partition coefficient (Wildman–Crippen LogP) is 1.28. The first-order chi connectivity index (χ1) is 10.2. The van der Waals surface area contributed by atoms with Crippen LogP contribution in [-0.2, 0) is 13.1 Å². The summed E-state index contributed by atoms with van der Waals surface area (Å²) < 4.78 is 5.17. The van der Waals surface area contributed by atoms with Crippen molar-refractivity contribution in [3.63, 3.8) is 0 Å². The van der Waals surface area contributed by atoms with E-state index in [4.69, 9.17) is 10.3 Å². The Morgan fingerprint density at radius 2 is 1.86 bits per heavy atom. The third kappa shape index (κ3) is 3.80. The Balaban J connectivity index is 1.48. The molecule has 1 aliphatic heterocycles. The Kier molecular flexibility index (Phi) is 4.17. The second-order valence-corrected chi connectivity index (χ2v) is 5.53. The molecule has 21 heavy (non-hydrogen) atoms. The van der Waals surface area contributed by atoms with Crippen LogP contribution in [0.5, 0.6) is 0 Å². The highest BCUT2D eigenvalue weighted by molar-refractivity contribution is 5.40. The van der Waals surface area contributed by atoms with Crippen LogP contribution in [0, 0.1) is 6.92 Å². The number of nitrogens with zero attached hydrogens (tertiary/aromatic N) is 4. The lowest BCUT2D eigenvalue weighted by Gasteiger charge is -2.33. The van der Waals surface area contributed by atoms with Crippen molar-refractivity contribution in [2.24, 2.45) is 0 Å². The van der Waals surface area contributed by atoms with E-state index >= 15 is 0 Å². The number of aromatic nitrogens is 2. The van der Waals surface area contributed by atoms with E-state index in [1.807, 2.05) is 25.1 Å². The minimum Gasteiger partial charge on any atom is -0.399 e. The topological polar surface area (TPSA) is 71.4 Å². The van der Waals surface area contributed by atoms with Gasteiger partial charge >= 0.3 is 0 Å². The summed E-state index contributed by atoms with van der Waals surface area (Å²) in [5, 5.41) is 3.83. The lowest BCUT2D eigenvalue weighted by atomic mass is 10.2. The second-order valence-electron chi connectivity index (χ2n) is 5.53. The number of piperazine rings is 1. The molecular weight excluding hydrogens is 266 g/mol. The molecule has 2 N–H and O–H groups in total. The van der Waals surface area contributed by atoms with Crippen LogP contribution in [0.15, 0.2) is 28.8 Å². The predicted molar refractivity (Wildman–Crippen MR) is 80.4 cm³/mol. The van der Waals surface area contributed by atoms with Gasteiger partial charge in [0.15, 0.2) is 5.82 Å². The van der Waals surface area contributed by atoms with Crippen molar-refractivity contribution in [1.29, 1.82) is 0 Å². The van der Waals surface area contributed by atoms with Gasteiger partial charge in [-0.3, -0.25) is 9.80 Å². The number of hydrogen-bond acceptors (Lipinski definition) is 6. The largest absolute Gasteiger partial charge is 0.399 e. The van der Waals surface area contributed by atoms with Gasteiger partial charge in [-0.05, 0) is 24.6 Å². The zero-order chi connectivity index (χ0) is 14.7. The Morgan fingerprint density at radius 3 is 2.48 bits per heavy atom. The lowest BCUT2D eigenvalue weighted by molar-refractivity contribution is 0.112. The van der Waals surface area contributed by atoms with E-state index in [9.17, 15) is 0 Å². The molecule has 1 saturated heterocycles. The summed E-state index contributed by atoms with van der Waals surface area (Å²) >= 11 is 0. The number of nitrogen functional groups attached to an aromatic ring is 1. The van der Waals surface area contributed by atoms with Crippen LogP contribution in [0.2, 0.25) is 0 Å². The molecule has 0 aliphatic carbocycles. The minimum absolute atomic E-state index is 0.699. The van der Waals surface area contributed by atoms with E-state index in [0.717, 1.165) is 45.0 Å². The van der Waals surface area contributed by atoms with Gasteiger partial charge in [-0.1, -0.05) is 17.3 Å². The monoisotopic (exact) mass is 287 g/mol. The molecule has 0 spiro atoms. The van der Waals surface area contributed by atoms with Gasteiger partial charge in [0.2, 0.25) is 5.89 Å². The standard InChI is InChI=1S/C15H21N5O/c1-12-17-15(21-18-12)11-20-7-5-19(6-8-20)10-13-3-2-4-14(16)9-13/h2-4,9H,5-8,10-11,16H2,1H3. The van der Waals surface area contributed by atoms with Gasteiger partial charge in [0.05, 0.1) is 6.54 Å². The molecular formula is C15H21N5O. The van der Waals surface area contributed by atoms with Gasteiger partial charge in [-0.25, -0.2) is 0 Å². The summed E-state index contributed by atoms with van der Waals surface area (Å²) in [6.07, 6.45) is 0. The lowest BCUT2D eigenvalue weighted by Crippen LogP contribution is -2.45. The fourth-order valence-electron chi connectivity index (χ4n) is 2.65. The number of aryl methyl sites for hydroxylation is 1.